The topological polar surface area (TPSA) is 57.5 Å². The van der Waals surface area contributed by atoms with Gasteiger partial charge in [0.25, 0.3) is 0 Å². The number of benzene rings is 2. The first-order valence-corrected chi connectivity index (χ1v) is 12.9. The largest absolute Gasteiger partial charge is 0.394 e. The zero-order valence-corrected chi connectivity index (χ0v) is 23.1. The normalized spacial score (nSPS) is 17.9. The van der Waals surface area contributed by atoms with E-state index in [0.717, 1.165) is 27.9 Å². The van der Waals surface area contributed by atoms with Gasteiger partial charge in [-0.2, -0.15) is 0 Å². The Hall–Kier alpha value is -2.14. The molecule has 0 amide bonds. The highest BCUT2D eigenvalue weighted by Gasteiger charge is 2.39. The summed E-state index contributed by atoms with van der Waals surface area (Å²) >= 11 is 4.75. The number of thiol groups is 1. The summed E-state index contributed by atoms with van der Waals surface area (Å²) in [6.07, 6.45) is 5.06. The van der Waals surface area contributed by atoms with E-state index >= 15 is 0 Å². The van der Waals surface area contributed by atoms with Gasteiger partial charge in [0.15, 0.2) is 0 Å². The van der Waals surface area contributed by atoms with Gasteiger partial charge in [-0.15, -0.1) is 12.6 Å². The summed E-state index contributed by atoms with van der Waals surface area (Å²) in [7, 11) is 0. The molecule has 0 fully saturated rings. The van der Waals surface area contributed by atoms with Crippen molar-refractivity contribution in [1.29, 1.82) is 0 Å². The van der Waals surface area contributed by atoms with E-state index in [1.807, 2.05) is 32.9 Å². The van der Waals surface area contributed by atoms with Crippen LogP contribution >= 0.6 is 12.6 Å². The van der Waals surface area contributed by atoms with Crippen LogP contribution in [0.2, 0.25) is 0 Å². The zero-order chi connectivity index (χ0) is 26.3. The van der Waals surface area contributed by atoms with E-state index in [1.165, 1.54) is 16.7 Å². The third-order valence-electron chi connectivity index (χ3n) is 7.98. The highest BCUT2D eigenvalue weighted by molar-refractivity contribution is 7.84. The Morgan fingerprint density at radius 3 is 2.23 bits per heavy atom. The lowest BCUT2D eigenvalue weighted by atomic mass is 9.65. The maximum atomic E-state index is 12.4. The molecule has 3 nitrogen and oxygen atoms in total. The van der Waals surface area contributed by atoms with E-state index < -0.39 is 11.5 Å². The van der Waals surface area contributed by atoms with Crippen LogP contribution in [-0.2, 0) is 16.6 Å². The summed E-state index contributed by atoms with van der Waals surface area (Å²) < 4.78 is 0. The summed E-state index contributed by atoms with van der Waals surface area (Å²) in [5.41, 5.74) is 6.16. The summed E-state index contributed by atoms with van der Waals surface area (Å²) in [6.45, 7) is 14.0. The molecule has 190 valence electrons. The number of aldehydes is 1. The van der Waals surface area contributed by atoms with Crippen LogP contribution in [0.4, 0.5) is 0 Å². The first-order valence-electron chi connectivity index (χ1n) is 12.4. The fourth-order valence-corrected chi connectivity index (χ4v) is 4.79. The summed E-state index contributed by atoms with van der Waals surface area (Å²) in [5.74, 6) is -0.125. The number of aryl methyl sites for hydroxylation is 2. The average molecular weight is 495 g/mol. The minimum Gasteiger partial charge on any atom is -0.394 e. The number of aliphatic hydroxyl groups is 2. The molecule has 0 heterocycles. The second-order valence-corrected chi connectivity index (χ2v) is 10.9. The lowest BCUT2D eigenvalue weighted by Crippen LogP contribution is -2.41. The Kier molecular flexibility index (Phi) is 10.6. The Morgan fingerprint density at radius 1 is 1.03 bits per heavy atom. The van der Waals surface area contributed by atoms with Crippen LogP contribution in [0.5, 0.6) is 0 Å². The Morgan fingerprint density at radius 2 is 1.66 bits per heavy atom. The smallest absolute Gasteiger partial charge is 0.130 e. The summed E-state index contributed by atoms with van der Waals surface area (Å²) in [6, 6.07) is 14.7. The molecule has 0 radical (unpaired) electrons. The van der Waals surface area contributed by atoms with E-state index in [0.29, 0.717) is 6.42 Å². The molecule has 0 spiro atoms. The Labute approximate surface area is 217 Å². The van der Waals surface area contributed by atoms with E-state index in [-0.39, 0.29) is 24.4 Å². The SMILES string of the molecule is C/C(=C\C=C(/S)Cc1cc([C@@](C)(C=O)[C@H](C)[C@@H](C)[C@H](C)[C@H](O)CO)ccc1C)c1ccc(C)cc1. The molecule has 35 heavy (non-hydrogen) atoms. The monoisotopic (exact) mass is 494 g/mol. The minimum absolute atomic E-state index is 0.0298. The molecule has 0 bridgehead atoms. The number of rotatable bonds is 11. The molecule has 0 saturated heterocycles. The van der Waals surface area contributed by atoms with Gasteiger partial charge in [-0.05, 0) is 78.2 Å². The van der Waals surface area contributed by atoms with Crippen molar-refractivity contribution in [3.63, 3.8) is 0 Å². The van der Waals surface area contributed by atoms with Gasteiger partial charge in [0, 0.05) is 6.42 Å². The van der Waals surface area contributed by atoms with Crippen LogP contribution in [0, 0.1) is 31.6 Å². The average Bonchev–Trinajstić information content (AvgIpc) is 2.86. The van der Waals surface area contributed by atoms with Crippen LogP contribution in [0.25, 0.3) is 5.57 Å². The van der Waals surface area contributed by atoms with Crippen molar-refractivity contribution < 1.29 is 15.0 Å². The molecule has 0 saturated carbocycles. The lowest BCUT2D eigenvalue weighted by molar-refractivity contribution is -0.115. The predicted octanol–water partition coefficient (Wildman–Crippen LogP) is 6.48. The van der Waals surface area contributed by atoms with Crippen molar-refractivity contribution in [3.05, 3.63) is 87.3 Å². The molecule has 0 aliphatic heterocycles. The van der Waals surface area contributed by atoms with Crippen molar-refractivity contribution >= 4 is 24.5 Å². The van der Waals surface area contributed by atoms with Crippen molar-refractivity contribution in [1.82, 2.24) is 0 Å². The number of carbonyl (C=O) groups is 1. The number of hydrogen-bond donors (Lipinski definition) is 3. The van der Waals surface area contributed by atoms with Gasteiger partial charge in [-0.25, -0.2) is 0 Å². The van der Waals surface area contributed by atoms with Crippen LogP contribution in [0.1, 0.15) is 62.4 Å². The molecule has 2 N–H and O–H groups in total. The Bertz CT molecular complexity index is 1050. The van der Waals surface area contributed by atoms with E-state index in [4.69, 9.17) is 12.6 Å². The Balaban J connectivity index is 2.30. The molecular formula is C31H42O3S. The van der Waals surface area contributed by atoms with Gasteiger partial charge >= 0.3 is 0 Å². The van der Waals surface area contributed by atoms with E-state index in [1.54, 1.807) is 0 Å². The molecule has 4 heteroatoms. The molecule has 2 aromatic carbocycles. The molecule has 2 aromatic rings. The standard InChI is InChI=1S/C31H42O3S/c1-20-8-12-26(13-9-20)21(2)11-15-29(35)17-27-16-28(14-10-22(27)3)31(7,19-33)25(6)23(4)24(5)30(34)18-32/h8-16,19,23-25,30,32,34-35H,17-18H2,1-7H3/b21-11+,29-15-/t23-,24-,25+,30+,31-/m0/s1. The highest BCUT2D eigenvalue weighted by atomic mass is 32.1. The van der Waals surface area contributed by atoms with Crippen LogP contribution in [0.15, 0.2) is 59.5 Å². The van der Waals surface area contributed by atoms with Crippen molar-refractivity contribution in [3.8, 4) is 0 Å². The van der Waals surface area contributed by atoms with E-state index in [2.05, 4.69) is 70.2 Å². The number of allylic oxidation sites excluding steroid dienone is 4. The van der Waals surface area contributed by atoms with Gasteiger partial charge in [0.2, 0.25) is 0 Å². The minimum atomic E-state index is -0.801. The van der Waals surface area contributed by atoms with E-state index in [9.17, 15) is 15.0 Å². The molecule has 5 atom stereocenters. The molecule has 0 unspecified atom stereocenters. The fourth-order valence-electron chi connectivity index (χ4n) is 4.54. The van der Waals surface area contributed by atoms with Gasteiger partial charge in [0.1, 0.15) is 6.29 Å². The quantitative estimate of drug-likeness (QED) is 0.190. The number of aliphatic hydroxyl groups excluding tert-OH is 2. The van der Waals surface area contributed by atoms with Crippen molar-refractivity contribution in [2.24, 2.45) is 17.8 Å². The molecule has 0 aromatic heterocycles. The van der Waals surface area contributed by atoms with Gasteiger partial charge in [-0.1, -0.05) is 81.0 Å². The second kappa shape index (κ2) is 12.7. The fraction of sp³-hybridized carbons (Fsp3) is 0.452. The van der Waals surface area contributed by atoms with Crippen LogP contribution < -0.4 is 0 Å². The van der Waals surface area contributed by atoms with Gasteiger partial charge in [0.05, 0.1) is 18.1 Å². The molecular weight excluding hydrogens is 452 g/mol. The first kappa shape index (κ1) is 29.1. The predicted molar refractivity (Wildman–Crippen MR) is 151 cm³/mol. The maximum absolute atomic E-state index is 12.4. The van der Waals surface area contributed by atoms with Crippen LogP contribution in [-0.4, -0.2) is 29.2 Å². The lowest BCUT2D eigenvalue weighted by Gasteiger charge is -2.39. The first-order chi connectivity index (χ1) is 16.4. The molecule has 0 aliphatic rings. The van der Waals surface area contributed by atoms with Crippen molar-refractivity contribution in [2.45, 2.75) is 66.4 Å². The second-order valence-electron chi connectivity index (χ2n) is 10.3. The van der Waals surface area contributed by atoms with Crippen LogP contribution in [0.3, 0.4) is 0 Å². The third-order valence-corrected chi connectivity index (χ3v) is 8.29. The van der Waals surface area contributed by atoms with Gasteiger partial charge < -0.3 is 15.0 Å². The maximum Gasteiger partial charge on any atom is 0.130 e. The molecule has 2 rings (SSSR count). The van der Waals surface area contributed by atoms with Gasteiger partial charge in [-0.3, -0.25) is 0 Å². The third kappa shape index (κ3) is 7.19. The summed E-state index contributed by atoms with van der Waals surface area (Å²) in [4.78, 5) is 13.4. The number of carbonyl (C=O) groups excluding carboxylic acids is 1. The zero-order valence-electron chi connectivity index (χ0n) is 22.2. The van der Waals surface area contributed by atoms with Crippen molar-refractivity contribution in [2.75, 3.05) is 6.61 Å². The molecule has 0 aliphatic carbocycles. The highest BCUT2D eigenvalue weighted by Crippen LogP contribution is 2.39. The number of hydrogen-bond acceptors (Lipinski definition) is 4. The summed E-state index contributed by atoms with van der Waals surface area (Å²) in [5, 5.41) is 19.5.